The lowest BCUT2D eigenvalue weighted by Gasteiger charge is -2.09. The number of hydrogen-bond donors (Lipinski definition) is 0. The molecule has 0 spiro atoms. The van der Waals surface area contributed by atoms with Gasteiger partial charge in [-0.3, -0.25) is 4.79 Å². The van der Waals surface area contributed by atoms with Crippen LogP contribution < -0.4 is 0 Å². The Hall–Kier alpha value is -0.940. The summed E-state index contributed by atoms with van der Waals surface area (Å²) >= 11 is 11.2. The highest BCUT2D eigenvalue weighted by Crippen LogP contribution is 2.27. The lowest BCUT2D eigenvalue weighted by atomic mass is 10.1. The number of methoxy groups -OCH3 is 1. The zero-order valence-corrected chi connectivity index (χ0v) is 10.4. The number of rotatable bonds is 4. The van der Waals surface area contributed by atoms with Crippen molar-refractivity contribution in [3.8, 4) is 0 Å². The van der Waals surface area contributed by atoms with Crippen LogP contribution in [0, 0.1) is 0 Å². The van der Waals surface area contributed by atoms with Crippen LogP contribution in [0.5, 0.6) is 0 Å². The van der Waals surface area contributed by atoms with Gasteiger partial charge in [0.2, 0.25) is 0 Å². The van der Waals surface area contributed by atoms with Gasteiger partial charge >= 0.3 is 5.97 Å². The van der Waals surface area contributed by atoms with Gasteiger partial charge in [0.1, 0.15) is 10.8 Å². The molecule has 0 radical (unpaired) electrons. The largest absolute Gasteiger partial charge is 0.469 e. The molecular weight excluding hydrogens is 275 g/mol. The van der Waals surface area contributed by atoms with Gasteiger partial charge in [-0.2, -0.15) is 0 Å². The molecule has 1 aromatic rings. The van der Waals surface area contributed by atoms with E-state index in [1.54, 1.807) is 0 Å². The van der Waals surface area contributed by atoms with E-state index in [9.17, 15) is 13.6 Å². The molecule has 1 rings (SSSR count). The van der Waals surface area contributed by atoms with Gasteiger partial charge in [0, 0.05) is 11.4 Å². The summed E-state index contributed by atoms with van der Waals surface area (Å²) in [7, 11) is 1.22. The molecule has 3 nitrogen and oxygen atoms in total. The van der Waals surface area contributed by atoms with Crippen molar-refractivity contribution in [2.24, 2.45) is 0 Å². The first-order valence-electron chi connectivity index (χ1n) is 4.58. The van der Waals surface area contributed by atoms with Crippen LogP contribution in [0.1, 0.15) is 23.2 Å². The first-order valence-corrected chi connectivity index (χ1v) is 5.50. The number of pyridine rings is 1. The predicted octanol–water partition coefficient (Wildman–Crippen LogP) is 3.13. The highest BCUT2D eigenvalue weighted by atomic mass is 35.5. The Balaban J connectivity index is 3.13. The van der Waals surface area contributed by atoms with Crippen molar-refractivity contribution in [3.63, 3.8) is 0 Å². The van der Waals surface area contributed by atoms with Crippen LogP contribution in [0.15, 0.2) is 6.07 Å². The summed E-state index contributed by atoms with van der Waals surface area (Å²) < 4.78 is 29.6. The normalized spacial score (nSPS) is 10.7. The molecule has 17 heavy (non-hydrogen) atoms. The van der Waals surface area contributed by atoms with E-state index < -0.39 is 18.1 Å². The van der Waals surface area contributed by atoms with Crippen molar-refractivity contribution >= 4 is 29.2 Å². The average molecular weight is 284 g/mol. The Bertz CT molecular complexity index is 427. The van der Waals surface area contributed by atoms with Crippen LogP contribution in [0.2, 0.25) is 5.15 Å². The predicted molar refractivity (Wildman–Crippen MR) is 59.5 cm³/mol. The van der Waals surface area contributed by atoms with Crippen molar-refractivity contribution < 1.29 is 18.3 Å². The molecule has 0 aromatic carbocycles. The third kappa shape index (κ3) is 3.51. The minimum atomic E-state index is -2.76. The highest BCUT2D eigenvalue weighted by molar-refractivity contribution is 6.30. The van der Waals surface area contributed by atoms with Gasteiger partial charge in [0.25, 0.3) is 6.43 Å². The molecule has 1 aromatic heterocycles. The average Bonchev–Trinajstić information content (AvgIpc) is 2.30. The van der Waals surface area contributed by atoms with Crippen LogP contribution in [-0.4, -0.2) is 18.1 Å². The SMILES string of the molecule is COC(=O)Cc1cc(CCl)c(C(F)F)nc1Cl. The number of ether oxygens (including phenoxy) is 1. The molecule has 0 aliphatic carbocycles. The zero-order valence-electron chi connectivity index (χ0n) is 8.84. The smallest absolute Gasteiger partial charge is 0.310 e. The maximum Gasteiger partial charge on any atom is 0.310 e. The lowest BCUT2D eigenvalue weighted by Crippen LogP contribution is -2.08. The van der Waals surface area contributed by atoms with Gasteiger partial charge in [0.15, 0.2) is 0 Å². The fraction of sp³-hybridized carbons (Fsp3) is 0.400. The number of halogens is 4. The number of hydrogen-bond acceptors (Lipinski definition) is 3. The van der Waals surface area contributed by atoms with Gasteiger partial charge in [-0.25, -0.2) is 13.8 Å². The molecule has 1 heterocycles. The van der Waals surface area contributed by atoms with Crippen LogP contribution >= 0.6 is 23.2 Å². The third-order valence-corrected chi connectivity index (χ3v) is 2.69. The molecule has 0 fully saturated rings. The Morgan fingerprint density at radius 1 is 1.53 bits per heavy atom. The fourth-order valence-corrected chi connectivity index (χ4v) is 1.67. The first kappa shape index (κ1) is 14.1. The molecule has 0 saturated carbocycles. The van der Waals surface area contributed by atoms with Gasteiger partial charge in [-0.1, -0.05) is 11.6 Å². The lowest BCUT2D eigenvalue weighted by molar-refractivity contribution is -0.139. The number of nitrogens with zero attached hydrogens (tertiary/aromatic N) is 1. The number of aromatic nitrogens is 1. The molecule has 0 atom stereocenters. The van der Waals surface area contributed by atoms with Gasteiger partial charge in [-0.15, -0.1) is 11.6 Å². The Labute approximate surface area is 107 Å². The minimum absolute atomic E-state index is 0.127. The van der Waals surface area contributed by atoms with E-state index >= 15 is 0 Å². The Morgan fingerprint density at radius 2 is 2.18 bits per heavy atom. The molecular formula is C10H9Cl2F2NO2. The molecule has 0 N–H and O–H groups in total. The number of carbonyl (C=O) groups is 1. The van der Waals surface area contributed by atoms with Gasteiger partial charge < -0.3 is 4.74 Å². The van der Waals surface area contributed by atoms with Crippen molar-refractivity contribution in [1.29, 1.82) is 0 Å². The van der Waals surface area contributed by atoms with Crippen LogP contribution in [0.3, 0.4) is 0 Å². The number of alkyl halides is 3. The molecule has 94 valence electrons. The molecule has 0 bridgehead atoms. The monoisotopic (exact) mass is 283 g/mol. The third-order valence-electron chi connectivity index (χ3n) is 2.07. The number of esters is 1. The van der Waals surface area contributed by atoms with E-state index in [1.807, 2.05) is 0 Å². The quantitative estimate of drug-likeness (QED) is 0.484. The van der Waals surface area contributed by atoms with Crippen molar-refractivity contribution in [3.05, 3.63) is 28.0 Å². The summed E-state index contributed by atoms with van der Waals surface area (Å²) in [6.45, 7) is 0. The molecule has 0 amide bonds. The number of carbonyl (C=O) groups excluding carboxylic acids is 1. The standard InChI is InChI=1S/C10H9Cl2F2NO2/c1-17-7(16)3-5-2-6(4-11)8(10(13)14)15-9(5)12/h2,10H,3-4H2,1H3. The first-order chi connectivity index (χ1) is 7.99. The van der Waals surface area contributed by atoms with E-state index in [4.69, 9.17) is 23.2 Å². The maximum absolute atomic E-state index is 12.6. The maximum atomic E-state index is 12.6. The fourth-order valence-electron chi connectivity index (χ4n) is 1.24. The molecule has 7 heteroatoms. The topological polar surface area (TPSA) is 39.2 Å². The summed E-state index contributed by atoms with van der Waals surface area (Å²) in [5, 5.41) is -0.139. The molecule has 0 aliphatic heterocycles. The summed E-state index contributed by atoms with van der Waals surface area (Å²) in [5.41, 5.74) is 0.0159. The molecule has 0 unspecified atom stereocenters. The second-order valence-corrected chi connectivity index (χ2v) is 3.80. The summed E-state index contributed by atoms with van der Waals surface area (Å²) in [6.07, 6.45) is -2.89. The molecule has 0 aliphatic rings. The summed E-state index contributed by atoms with van der Waals surface area (Å²) in [4.78, 5) is 14.6. The van der Waals surface area contributed by atoms with E-state index in [0.29, 0.717) is 5.56 Å². The second kappa shape index (κ2) is 6.12. The van der Waals surface area contributed by atoms with Crippen LogP contribution in [0.25, 0.3) is 0 Å². The van der Waals surface area contributed by atoms with Crippen molar-refractivity contribution in [2.75, 3.05) is 7.11 Å². The van der Waals surface area contributed by atoms with E-state index in [1.165, 1.54) is 13.2 Å². The minimum Gasteiger partial charge on any atom is -0.469 e. The highest BCUT2D eigenvalue weighted by Gasteiger charge is 2.18. The van der Waals surface area contributed by atoms with Gasteiger partial charge in [-0.05, 0) is 11.6 Å². The van der Waals surface area contributed by atoms with E-state index in [-0.39, 0.29) is 23.0 Å². The Morgan fingerprint density at radius 3 is 2.65 bits per heavy atom. The second-order valence-electron chi connectivity index (χ2n) is 3.17. The van der Waals surface area contributed by atoms with Crippen LogP contribution in [0.4, 0.5) is 8.78 Å². The van der Waals surface area contributed by atoms with Crippen molar-refractivity contribution in [1.82, 2.24) is 4.98 Å². The summed E-state index contributed by atoms with van der Waals surface area (Å²) in [6, 6.07) is 1.35. The van der Waals surface area contributed by atoms with Gasteiger partial charge in [0.05, 0.1) is 13.5 Å². The van der Waals surface area contributed by atoms with E-state index in [0.717, 1.165) is 0 Å². The van der Waals surface area contributed by atoms with Crippen LogP contribution in [-0.2, 0) is 21.8 Å². The Kier molecular flexibility index (Phi) is 5.08. The van der Waals surface area contributed by atoms with Crippen molar-refractivity contribution in [2.45, 2.75) is 18.7 Å². The van der Waals surface area contributed by atoms with E-state index in [2.05, 4.69) is 9.72 Å². The summed E-state index contributed by atoms with van der Waals surface area (Å²) in [5.74, 6) is -0.656. The molecule has 0 saturated heterocycles. The zero-order chi connectivity index (χ0) is 13.0.